The molecule has 0 atom stereocenters. The summed E-state index contributed by atoms with van der Waals surface area (Å²) in [7, 11) is 0. The van der Waals surface area contributed by atoms with Gasteiger partial charge in [0.25, 0.3) is 0 Å². The zero-order valence-electron chi connectivity index (χ0n) is 6.08. The van der Waals surface area contributed by atoms with Gasteiger partial charge in [0.1, 0.15) is 5.15 Å². The highest BCUT2D eigenvalue weighted by Gasteiger charge is 2.01. The van der Waals surface area contributed by atoms with Crippen LogP contribution in [0.5, 0.6) is 0 Å². The van der Waals surface area contributed by atoms with Gasteiger partial charge in [0.15, 0.2) is 5.82 Å². The summed E-state index contributed by atoms with van der Waals surface area (Å²) in [6, 6.07) is 1.32. The first kappa shape index (κ1) is 9.82. The molecule has 1 amide bonds. The van der Waals surface area contributed by atoms with Crippen molar-refractivity contribution < 1.29 is 9.90 Å². The zero-order valence-corrected chi connectivity index (χ0v) is 7.60. The Hall–Kier alpha value is -1.27. The minimum atomic E-state index is -1.24. The number of nitrogens with one attached hydrogen (secondary N) is 2. The predicted molar refractivity (Wildman–Crippen MR) is 46.8 cm³/mol. The van der Waals surface area contributed by atoms with Gasteiger partial charge in [-0.15, -0.1) is 0 Å². The molecular formula is C5H4Cl2N4O2. The van der Waals surface area contributed by atoms with Crippen molar-refractivity contribution >= 4 is 35.1 Å². The number of amides is 1. The smallest absolute Gasteiger partial charge is 0.423 e. The number of hydrogen-bond donors (Lipinski definition) is 3. The summed E-state index contributed by atoms with van der Waals surface area (Å²) in [5.74, 6) is 0.174. The number of halogens is 2. The van der Waals surface area contributed by atoms with Gasteiger partial charge < -0.3 is 5.11 Å². The Morgan fingerprint density at radius 2 is 2.15 bits per heavy atom. The summed E-state index contributed by atoms with van der Waals surface area (Å²) in [4.78, 5) is 17.3. The molecule has 6 nitrogen and oxygen atoms in total. The molecule has 0 aliphatic rings. The van der Waals surface area contributed by atoms with E-state index in [2.05, 4.69) is 15.4 Å². The van der Waals surface area contributed by atoms with E-state index in [4.69, 9.17) is 28.3 Å². The van der Waals surface area contributed by atoms with Gasteiger partial charge in [-0.05, 0) is 11.6 Å². The molecule has 8 heteroatoms. The highest BCUT2D eigenvalue weighted by Crippen LogP contribution is 2.13. The topological polar surface area (TPSA) is 87.1 Å². The second-order valence-electron chi connectivity index (χ2n) is 1.90. The highest BCUT2D eigenvalue weighted by atomic mass is 35.5. The van der Waals surface area contributed by atoms with Gasteiger partial charge in [-0.2, -0.15) is 4.98 Å². The van der Waals surface area contributed by atoms with E-state index in [9.17, 15) is 4.79 Å². The second kappa shape index (κ2) is 4.11. The summed E-state index contributed by atoms with van der Waals surface area (Å²) in [5, 5.41) is 8.28. The molecule has 0 fully saturated rings. The quantitative estimate of drug-likeness (QED) is 0.400. The molecular weight excluding hydrogens is 219 g/mol. The fourth-order valence-corrected chi connectivity index (χ4v) is 0.980. The van der Waals surface area contributed by atoms with Crippen LogP contribution >= 0.6 is 23.2 Å². The van der Waals surface area contributed by atoms with Crippen LogP contribution in [0.1, 0.15) is 0 Å². The van der Waals surface area contributed by atoms with E-state index >= 15 is 0 Å². The maximum atomic E-state index is 10.1. The molecule has 0 spiro atoms. The molecule has 13 heavy (non-hydrogen) atoms. The Kier molecular flexibility index (Phi) is 3.10. The van der Waals surface area contributed by atoms with Crippen LogP contribution in [0.15, 0.2) is 6.07 Å². The normalized spacial score (nSPS) is 9.38. The summed E-state index contributed by atoms with van der Waals surface area (Å²) in [5.41, 5.74) is 4.13. The van der Waals surface area contributed by atoms with Gasteiger partial charge in [0, 0.05) is 6.07 Å². The number of hydrogen-bond acceptors (Lipinski definition) is 4. The van der Waals surface area contributed by atoms with Crippen molar-refractivity contribution in [1.82, 2.24) is 15.4 Å². The first-order valence-electron chi connectivity index (χ1n) is 3.03. The largest absolute Gasteiger partial charge is 0.464 e. The van der Waals surface area contributed by atoms with Gasteiger partial charge in [-0.1, -0.05) is 11.6 Å². The van der Waals surface area contributed by atoms with E-state index in [0.29, 0.717) is 0 Å². The Bertz CT molecular complexity index is 312. The third-order valence-electron chi connectivity index (χ3n) is 0.965. The summed E-state index contributed by atoms with van der Waals surface area (Å²) in [6.45, 7) is 0. The molecule has 1 heterocycles. The van der Waals surface area contributed by atoms with Crippen LogP contribution in [0.25, 0.3) is 0 Å². The van der Waals surface area contributed by atoms with Gasteiger partial charge >= 0.3 is 6.09 Å². The molecule has 0 aliphatic carbocycles. The Morgan fingerprint density at radius 3 is 2.69 bits per heavy atom. The molecule has 70 valence electrons. The van der Waals surface area contributed by atoms with Gasteiger partial charge in [0.2, 0.25) is 5.28 Å². The Balaban J connectivity index is 2.71. The van der Waals surface area contributed by atoms with Crippen molar-refractivity contribution in [2.45, 2.75) is 0 Å². The monoisotopic (exact) mass is 222 g/mol. The first-order valence-corrected chi connectivity index (χ1v) is 3.78. The lowest BCUT2D eigenvalue weighted by Crippen LogP contribution is -2.27. The zero-order chi connectivity index (χ0) is 9.84. The number of rotatable bonds is 2. The molecule has 0 saturated carbocycles. The first-order chi connectivity index (χ1) is 6.08. The lowest BCUT2D eigenvalue weighted by molar-refractivity contribution is 0.197. The second-order valence-corrected chi connectivity index (χ2v) is 2.63. The standard InChI is InChI=1S/C5H4Cl2N4O2/c6-2-1-3(9-4(7)8-2)10-11-5(12)13/h1,11H,(H,12,13)(H,8,9,10). The molecule has 0 aromatic carbocycles. The molecule has 1 rings (SSSR count). The van der Waals surface area contributed by atoms with Gasteiger partial charge in [-0.25, -0.2) is 15.2 Å². The third kappa shape index (κ3) is 3.30. The van der Waals surface area contributed by atoms with Crippen LogP contribution in [-0.4, -0.2) is 21.2 Å². The van der Waals surface area contributed by atoms with E-state index in [1.807, 2.05) is 5.43 Å². The SMILES string of the molecule is O=C(O)NNc1cc(Cl)nc(Cl)n1. The van der Waals surface area contributed by atoms with E-state index in [0.717, 1.165) is 0 Å². The molecule has 0 saturated heterocycles. The van der Waals surface area contributed by atoms with Crippen LogP contribution in [-0.2, 0) is 0 Å². The van der Waals surface area contributed by atoms with E-state index in [-0.39, 0.29) is 16.3 Å². The summed E-state index contributed by atoms with van der Waals surface area (Å²) >= 11 is 11.0. The number of nitrogens with zero attached hydrogens (tertiary/aromatic N) is 2. The molecule has 0 unspecified atom stereocenters. The lowest BCUT2D eigenvalue weighted by Gasteiger charge is -2.03. The van der Waals surface area contributed by atoms with Crippen LogP contribution in [0.2, 0.25) is 10.4 Å². The molecule has 0 bridgehead atoms. The number of anilines is 1. The van der Waals surface area contributed by atoms with Crippen molar-refractivity contribution in [1.29, 1.82) is 0 Å². The fraction of sp³-hybridized carbons (Fsp3) is 0. The molecule has 3 N–H and O–H groups in total. The van der Waals surface area contributed by atoms with Crippen molar-refractivity contribution in [3.63, 3.8) is 0 Å². The van der Waals surface area contributed by atoms with E-state index < -0.39 is 6.09 Å². The minimum absolute atomic E-state index is 0.0674. The lowest BCUT2D eigenvalue weighted by atomic mass is 10.6. The fourth-order valence-electron chi connectivity index (χ4n) is 0.571. The van der Waals surface area contributed by atoms with Crippen LogP contribution < -0.4 is 10.9 Å². The number of carbonyl (C=O) groups is 1. The van der Waals surface area contributed by atoms with Crippen LogP contribution in [0.3, 0.4) is 0 Å². The highest BCUT2D eigenvalue weighted by molar-refractivity contribution is 6.32. The van der Waals surface area contributed by atoms with E-state index in [1.165, 1.54) is 6.07 Å². The molecule has 0 radical (unpaired) electrons. The maximum Gasteiger partial charge on any atom is 0.423 e. The van der Waals surface area contributed by atoms with Crippen molar-refractivity contribution in [3.8, 4) is 0 Å². The molecule has 0 aliphatic heterocycles. The Morgan fingerprint density at radius 1 is 1.46 bits per heavy atom. The van der Waals surface area contributed by atoms with Gasteiger partial charge in [-0.3, -0.25) is 5.43 Å². The predicted octanol–water partition coefficient (Wildman–Crippen LogP) is 1.38. The van der Waals surface area contributed by atoms with Crippen LogP contribution in [0, 0.1) is 0 Å². The number of hydrazine groups is 1. The average Bonchev–Trinajstić information content (AvgIpc) is 1.99. The summed E-state index contributed by atoms with van der Waals surface area (Å²) < 4.78 is 0. The number of aromatic nitrogens is 2. The number of carboxylic acid groups (broad SMARTS) is 1. The summed E-state index contributed by atoms with van der Waals surface area (Å²) in [6.07, 6.45) is -1.24. The Labute approximate surface area is 82.9 Å². The van der Waals surface area contributed by atoms with Crippen LogP contribution in [0.4, 0.5) is 10.6 Å². The third-order valence-corrected chi connectivity index (χ3v) is 1.33. The van der Waals surface area contributed by atoms with Gasteiger partial charge in [0.05, 0.1) is 0 Å². The maximum absolute atomic E-state index is 10.1. The van der Waals surface area contributed by atoms with Crippen molar-refractivity contribution in [2.75, 3.05) is 5.43 Å². The minimum Gasteiger partial charge on any atom is -0.464 e. The molecule has 1 aromatic heterocycles. The van der Waals surface area contributed by atoms with Crippen molar-refractivity contribution in [2.24, 2.45) is 0 Å². The van der Waals surface area contributed by atoms with E-state index in [1.54, 1.807) is 0 Å². The molecule has 1 aromatic rings. The average molecular weight is 223 g/mol. The van der Waals surface area contributed by atoms with Crippen molar-refractivity contribution in [3.05, 3.63) is 16.5 Å².